The molecule has 13 heteroatoms. The van der Waals surface area contributed by atoms with Crippen LogP contribution in [0.1, 0.15) is 36.1 Å². The Balaban J connectivity index is 0.00000118. The number of hydrogen-bond acceptors (Lipinski definition) is 5. The average molecular weight is 503 g/mol. The van der Waals surface area contributed by atoms with Crippen LogP contribution in [0.25, 0.3) is 0 Å². The van der Waals surface area contributed by atoms with Crippen molar-refractivity contribution in [3.8, 4) is 0 Å². The Kier molecular flexibility index (Phi) is 9.70. The lowest BCUT2D eigenvalue weighted by Gasteiger charge is -2.17. The van der Waals surface area contributed by atoms with E-state index in [0.29, 0.717) is 5.56 Å². The van der Waals surface area contributed by atoms with Crippen LogP contribution in [0.5, 0.6) is 0 Å². The first-order valence-corrected chi connectivity index (χ1v) is 10.1. The van der Waals surface area contributed by atoms with Crippen LogP contribution in [-0.4, -0.2) is 14.1 Å². The van der Waals surface area contributed by atoms with Gasteiger partial charge in [0.2, 0.25) is 0 Å². The fourth-order valence-corrected chi connectivity index (χ4v) is 2.58. The van der Waals surface area contributed by atoms with Crippen LogP contribution in [0, 0.1) is 10.7 Å². The predicted molar refractivity (Wildman–Crippen MR) is 106 cm³/mol. The van der Waals surface area contributed by atoms with Crippen LogP contribution in [0.15, 0.2) is 47.6 Å². The third-order valence-corrected chi connectivity index (χ3v) is 4.02. The van der Waals surface area contributed by atoms with Gasteiger partial charge in [-0.25, -0.2) is 0 Å². The first kappa shape index (κ1) is 27.4. The van der Waals surface area contributed by atoms with Crippen molar-refractivity contribution in [2.24, 2.45) is 11.1 Å². The van der Waals surface area contributed by atoms with Gasteiger partial charge in [-0.1, -0.05) is 42.7 Å². The van der Waals surface area contributed by atoms with Gasteiger partial charge in [0.05, 0.1) is 16.8 Å². The summed E-state index contributed by atoms with van der Waals surface area (Å²) in [6, 6.07) is 7.38. The van der Waals surface area contributed by atoms with E-state index >= 15 is 0 Å². The summed E-state index contributed by atoms with van der Waals surface area (Å²) < 4.78 is 100. The standard InChI is InChI=1S/C19H16ClF6NO.HNO2S/c1-11(2)17(15-9-14(20)7-8-16(15)19(24,25)26)27-28-10-12-3-5-13(6-4-12)18(21,22)23;1-4(2)3/h3-9,11H,10H2,1-2H3;1H/b27-17+;. The number of hydrogen-bond donors (Lipinski definition) is 1. The third kappa shape index (κ3) is 8.87. The summed E-state index contributed by atoms with van der Waals surface area (Å²) in [5, 5.41) is 3.92. The minimum absolute atomic E-state index is 0.0294. The minimum atomic E-state index is -4.61. The Labute approximate surface area is 186 Å². The van der Waals surface area contributed by atoms with Gasteiger partial charge in [0, 0.05) is 10.6 Å². The molecule has 32 heavy (non-hydrogen) atoms. The topological polar surface area (TPSA) is 79.6 Å². The van der Waals surface area contributed by atoms with Crippen molar-refractivity contribution in [1.82, 2.24) is 0 Å². The molecule has 0 bridgehead atoms. The van der Waals surface area contributed by atoms with Gasteiger partial charge in [-0.05, 0) is 41.8 Å². The molecule has 2 rings (SSSR count). The third-order valence-electron chi connectivity index (χ3n) is 3.79. The molecule has 0 amide bonds. The zero-order valence-electron chi connectivity index (χ0n) is 16.6. The lowest BCUT2D eigenvalue weighted by Crippen LogP contribution is -2.18. The smallest absolute Gasteiger partial charge is 0.391 e. The highest BCUT2D eigenvalue weighted by molar-refractivity contribution is 7.60. The SMILES string of the molecule is CC(C)/C(=N\OCc1ccc(C(F)(F)F)cc1)c1cc(Cl)ccc1C(F)(F)F.N=S(=O)=O. The van der Waals surface area contributed by atoms with Gasteiger partial charge in [0.1, 0.15) is 6.61 Å². The van der Waals surface area contributed by atoms with Gasteiger partial charge < -0.3 is 4.84 Å². The Morgan fingerprint density at radius 1 is 1.03 bits per heavy atom. The molecule has 0 aliphatic carbocycles. The maximum atomic E-state index is 13.3. The number of alkyl halides is 6. The van der Waals surface area contributed by atoms with Crippen molar-refractivity contribution in [1.29, 1.82) is 4.78 Å². The van der Waals surface area contributed by atoms with E-state index in [4.69, 9.17) is 29.6 Å². The minimum Gasteiger partial charge on any atom is -0.391 e. The van der Waals surface area contributed by atoms with Gasteiger partial charge >= 0.3 is 22.9 Å². The number of nitrogens with zero attached hydrogens (tertiary/aromatic N) is 1. The highest BCUT2D eigenvalue weighted by Crippen LogP contribution is 2.35. The molecule has 0 unspecified atom stereocenters. The first-order valence-electron chi connectivity index (χ1n) is 8.66. The number of nitrogens with one attached hydrogen (secondary N) is 1. The maximum Gasteiger partial charge on any atom is 0.417 e. The average Bonchev–Trinajstić information content (AvgIpc) is 2.63. The van der Waals surface area contributed by atoms with Crippen LogP contribution < -0.4 is 0 Å². The Morgan fingerprint density at radius 3 is 2.00 bits per heavy atom. The molecule has 5 nitrogen and oxygen atoms in total. The van der Waals surface area contributed by atoms with Gasteiger partial charge in [-0.3, -0.25) is 0 Å². The van der Waals surface area contributed by atoms with Crippen molar-refractivity contribution in [2.75, 3.05) is 0 Å². The van der Waals surface area contributed by atoms with E-state index in [1.165, 1.54) is 12.1 Å². The van der Waals surface area contributed by atoms with E-state index in [-0.39, 0.29) is 22.9 Å². The molecular formula is C19H17ClF6N2O3S. The summed E-state index contributed by atoms with van der Waals surface area (Å²) in [6.45, 7) is 3.08. The molecule has 0 aliphatic rings. The maximum absolute atomic E-state index is 13.3. The van der Waals surface area contributed by atoms with Crippen molar-refractivity contribution in [3.05, 3.63) is 69.7 Å². The zero-order valence-corrected chi connectivity index (χ0v) is 18.1. The molecule has 176 valence electrons. The zero-order chi connectivity index (χ0) is 24.7. The van der Waals surface area contributed by atoms with Gasteiger partial charge in [0.15, 0.2) is 0 Å². The fourth-order valence-electron chi connectivity index (χ4n) is 2.41. The molecule has 0 atom stereocenters. The summed E-state index contributed by atoms with van der Waals surface area (Å²) in [5.41, 5.74) is -1.50. The molecule has 2 aromatic carbocycles. The van der Waals surface area contributed by atoms with Gasteiger partial charge in [0.25, 0.3) is 0 Å². The second kappa shape index (κ2) is 11.3. The molecule has 0 saturated heterocycles. The Hall–Kier alpha value is -2.60. The van der Waals surface area contributed by atoms with Crippen molar-refractivity contribution >= 4 is 27.8 Å². The quantitative estimate of drug-likeness (QED) is 0.285. The highest BCUT2D eigenvalue weighted by atomic mass is 35.5. The molecule has 0 spiro atoms. The lowest BCUT2D eigenvalue weighted by molar-refractivity contribution is -0.138. The summed E-state index contributed by atoms with van der Waals surface area (Å²) in [5.74, 6) is -0.424. The molecule has 0 radical (unpaired) electrons. The lowest BCUT2D eigenvalue weighted by atomic mass is 9.95. The highest BCUT2D eigenvalue weighted by Gasteiger charge is 2.35. The molecular weight excluding hydrogens is 486 g/mol. The van der Waals surface area contributed by atoms with Crippen LogP contribution in [-0.2, 0) is 34.3 Å². The number of benzene rings is 2. The number of oxime groups is 1. The first-order chi connectivity index (χ1) is 14.6. The van der Waals surface area contributed by atoms with Crippen LogP contribution in [0.4, 0.5) is 26.3 Å². The van der Waals surface area contributed by atoms with Crippen molar-refractivity contribution in [3.63, 3.8) is 0 Å². The van der Waals surface area contributed by atoms with E-state index in [2.05, 4.69) is 5.16 Å². The molecule has 1 N–H and O–H groups in total. The van der Waals surface area contributed by atoms with E-state index in [1.807, 2.05) is 0 Å². The molecule has 2 aromatic rings. The Bertz CT molecular complexity index is 1040. The predicted octanol–water partition coefficient (Wildman–Crippen LogP) is 6.58. The van der Waals surface area contributed by atoms with Crippen LogP contribution in [0.3, 0.4) is 0 Å². The van der Waals surface area contributed by atoms with Crippen LogP contribution >= 0.6 is 11.6 Å². The largest absolute Gasteiger partial charge is 0.417 e. The number of halogens is 7. The molecule has 0 aliphatic heterocycles. The van der Waals surface area contributed by atoms with Gasteiger partial charge in [-0.2, -0.15) is 39.5 Å². The molecule has 0 heterocycles. The molecule has 0 saturated carbocycles. The second-order valence-corrected chi connectivity index (χ2v) is 7.43. The normalized spacial score (nSPS) is 12.2. The van der Waals surface area contributed by atoms with Crippen molar-refractivity contribution < 1.29 is 39.6 Å². The van der Waals surface area contributed by atoms with Crippen LogP contribution in [0.2, 0.25) is 5.02 Å². The van der Waals surface area contributed by atoms with E-state index in [0.717, 1.165) is 30.3 Å². The Morgan fingerprint density at radius 2 is 1.56 bits per heavy atom. The summed E-state index contributed by atoms with van der Waals surface area (Å²) in [7, 11) is -2.61. The van der Waals surface area contributed by atoms with E-state index < -0.39 is 39.9 Å². The van der Waals surface area contributed by atoms with Gasteiger partial charge in [-0.15, -0.1) is 0 Å². The molecule has 0 aromatic heterocycles. The van der Waals surface area contributed by atoms with E-state index in [1.54, 1.807) is 13.8 Å². The van der Waals surface area contributed by atoms with Crippen molar-refractivity contribution in [2.45, 2.75) is 32.8 Å². The fraction of sp³-hybridized carbons (Fsp3) is 0.316. The molecule has 0 fully saturated rings. The summed E-state index contributed by atoms with van der Waals surface area (Å²) in [6.07, 6.45) is -9.06. The van der Waals surface area contributed by atoms with E-state index in [9.17, 15) is 26.3 Å². The summed E-state index contributed by atoms with van der Waals surface area (Å²) in [4.78, 5) is 5.13. The number of rotatable bonds is 5. The monoisotopic (exact) mass is 502 g/mol. The summed E-state index contributed by atoms with van der Waals surface area (Å²) >= 11 is 5.84. The second-order valence-electron chi connectivity index (χ2n) is 6.52.